The van der Waals surface area contributed by atoms with Gasteiger partial charge in [-0.2, -0.15) is 5.26 Å². The Balaban J connectivity index is 4.36. The molecule has 0 N–H and O–H groups in total. The summed E-state index contributed by atoms with van der Waals surface area (Å²) in [6.45, 7) is 7.52. The van der Waals surface area contributed by atoms with E-state index in [1.165, 1.54) is 0 Å². The van der Waals surface area contributed by atoms with E-state index in [0.29, 0.717) is 6.42 Å². The van der Waals surface area contributed by atoms with Crippen LogP contribution in [0, 0.1) is 16.7 Å². The summed E-state index contributed by atoms with van der Waals surface area (Å²) < 4.78 is 0. The van der Waals surface area contributed by atoms with Gasteiger partial charge in [0.05, 0.1) is 12.5 Å². The van der Waals surface area contributed by atoms with Crippen molar-refractivity contribution < 1.29 is 4.79 Å². The van der Waals surface area contributed by atoms with Crippen LogP contribution in [0.2, 0.25) is 0 Å². The zero-order valence-corrected chi connectivity index (χ0v) is 9.09. The number of carbonyl (C=O) groups is 1. The van der Waals surface area contributed by atoms with E-state index < -0.39 is 0 Å². The van der Waals surface area contributed by atoms with Crippen LogP contribution in [-0.2, 0) is 4.79 Å². The Labute approximate surface area is 80.3 Å². The molecule has 0 aliphatic rings. The van der Waals surface area contributed by atoms with Gasteiger partial charge >= 0.3 is 0 Å². The highest BCUT2D eigenvalue weighted by molar-refractivity contribution is 5.81. The molecule has 0 heterocycles. The minimum atomic E-state index is -0.363. The quantitative estimate of drug-likeness (QED) is 0.653. The molecular formula is C10H18N2O. The van der Waals surface area contributed by atoms with Crippen LogP contribution in [0.25, 0.3) is 0 Å². The molecule has 3 heteroatoms. The van der Waals surface area contributed by atoms with Crippen LogP contribution in [0.15, 0.2) is 0 Å². The molecule has 0 aromatic carbocycles. The van der Waals surface area contributed by atoms with Gasteiger partial charge in [-0.1, -0.05) is 20.8 Å². The molecular weight excluding hydrogens is 164 g/mol. The number of rotatable bonds is 2. The summed E-state index contributed by atoms with van der Waals surface area (Å²) in [5.41, 5.74) is -0.363. The molecule has 13 heavy (non-hydrogen) atoms. The second-order valence-electron chi connectivity index (χ2n) is 4.38. The lowest BCUT2D eigenvalue weighted by molar-refractivity contribution is -0.139. The molecule has 0 saturated carbocycles. The van der Waals surface area contributed by atoms with Gasteiger partial charge in [0.2, 0.25) is 5.91 Å². The number of hydrogen-bond donors (Lipinski definition) is 0. The van der Waals surface area contributed by atoms with Crippen LogP contribution in [-0.4, -0.2) is 23.9 Å². The van der Waals surface area contributed by atoms with Crippen molar-refractivity contribution in [3.63, 3.8) is 0 Å². The van der Waals surface area contributed by atoms with Crippen LogP contribution < -0.4 is 0 Å². The highest BCUT2D eigenvalue weighted by atomic mass is 16.2. The van der Waals surface area contributed by atoms with Crippen molar-refractivity contribution in [2.24, 2.45) is 5.41 Å². The Hall–Kier alpha value is -1.04. The van der Waals surface area contributed by atoms with Gasteiger partial charge < -0.3 is 4.90 Å². The van der Waals surface area contributed by atoms with Crippen molar-refractivity contribution in [3.8, 4) is 6.07 Å². The van der Waals surface area contributed by atoms with Gasteiger partial charge in [0.25, 0.3) is 0 Å². The number of amides is 1. The predicted octanol–water partition coefficient (Wildman–Crippen LogP) is 1.79. The molecule has 0 aromatic heterocycles. The van der Waals surface area contributed by atoms with Crippen LogP contribution in [0.5, 0.6) is 0 Å². The summed E-state index contributed by atoms with van der Waals surface area (Å²) in [5.74, 6) is 0.0789. The van der Waals surface area contributed by atoms with Crippen molar-refractivity contribution in [3.05, 3.63) is 0 Å². The van der Waals surface area contributed by atoms with Gasteiger partial charge in [0.15, 0.2) is 0 Å². The van der Waals surface area contributed by atoms with Crippen molar-refractivity contribution in [2.45, 2.75) is 40.2 Å². The molecule has 1 unspecified atom stereocenters. The van der Waals surface area contributed by atoms with Crippen molar-refractivity contribution >= 4 is 5.91 Å². The monoisotopic (exact) mass is 182 g/mol. The molecule has 0 aliphatic carbocycles. The van der Waals surface area contributed by atoms with E-state index in [0.717, 1.165) is 0 Å². The maximum atomic E-state index is 11.7. The summed E-state index contributed by atoms with van der Waals surface area (Å²) in [6.07, 6.45) is 0.387. The van der Waals surface area contributed by atoms with Crippen molar-refractivity contribution in [1.29, 1.82) is 5.26 Å². The Bertz CT molecular complexity index is 222. The first-order valence-electron chi connectivity index (χ1n) is 4.45. The average molecular weight is 182 g/mol. The minimum absolute atomic E-state index is 0.00303. The highest BCUT2D eigenvalue weighted by Gasteiger charge is 2.27. The Kier molecular flexibility index (Phi) is 3.93. The van der Waals surface area contributed by atoms with E-state index in [4.69, 9.17) is 5.26 Å². The molecule has 0 aliphatic heterocycles. The van der Waals surface area contributed by atoms with Gasteiger partial charge in [0.1, 0.15) is 0 Å². The second kappa shape index (κ2) is 4.27. The fourth-order valence-corrected chi connectivity index (χ4v) is 0.998. The summed E-state index contributed by atoms with van der Waals surface area (Å²) in [6, 6.07) is 2.06. The first-order chi connectivity index (χ1) is 5.80. The molecule has 0 radical (unpaired) electrons. The molecule has 0 spiro atoms. The molecule has 0 fully saturated rings. The third-order valence-corrected chi connectivity index (χ3v) is 2.01. The van der Waals surface area contributed by atoms with Crippen LogP contribution in [0.3, 0.4) is 0 Å². The Morgan fingerprint density at radius 3 is 2.31 bits per heavy atom. The third-order valence-electron chi connectivity index (χ3n) is 2.01. The number of nitrogens with zero attached hydrogens (tertiary/aromatic N) is 2. The molecule has 1 amide bonds. The summed E-state index contributed by atoms with van der Waals surface area (Å²) in [4.78, 5) is 13.3. The maximum Gasteiger partial charge on any atom is 0.227 e. The first-order valence-corrected chi connectivity index (χ1v) is 4.45. The number of carbonyl (C=O) groups excluding carboxylic acids is 1. The predicted molar refractivity (Wildman–Crippen MR) is 51.9 cm³/mol. The Morgan fingerprint density at radius 2 is 2.00 bits per heavy atom. The van der Waals surface area contributed by atoms with E-state index in [1.807, 2.05) is 27.7 Å². The van der Waals surface area contributed by atoms with E-state index in [1.54, 1.807) is 11.9 Å². The van der Waals surface area contributed by atoms with Gasteiger partial charge in [-0.05, 0) is 6.92 Å². The van der Waals surface area contributed by atoms with Crippen LogP contribution in [0.1, 0.15) is 34.1 Å². The van der Waals surface area contributed by atoms with E-state index in [2.05, 4.69) is 6.07 Å². The molecule has 3 nitrogen and oxygen atoms in total. The van der Waals surface area contributed by atoms with E-state index in [-0.39, 0.29) is 17.4 Å². The smallest absolute Gasteiger partial charge is 0.227 e. The normalized spacial score (nSPS) is 13.2. The van der Waals surface area contributed by atoms with Crippen molar-refractivity contribution in [1.82, 2.24) is 4.90 Å². The molecule has 0 saturated heterocycles. The van der Waals surface area contributed by atoms with Crippen LogP contribution >= 0.6 is 0 Å². The summed E-state index contributed by atoms with van der Waals surface area (Å²) >= 11 is 0. The minimum Gasteiger partial charge on any atom is -0.342 e. The first kappa shape index (κ1) is 12.0. The van der Waals surface area contributed by atoms with Gasteiger partial charge in [-0.3, -0.25) is 4.79 Å². The largest absolute Gasteiger partial charge is 0.342 e. The summed E-state index contributed by atoms with van der Waals surface area (Å²) in [7, 11) is 1.75. The Morgan fingerprint density at radius 1 is 1.54 bits per heavy atom. The second-order valence-corrected chi connectivity index (χ2v) is 4.38. The molecule has 74 valence electrons. The fraction of sp³-hybridized carbons (Fsp3) is 0.800. The zero-order chi connectivity index (χ0) is 10.6. The lowest BCUT2D eigenvalue weighted by atomic mass is 9.94. The molecule has 0 aromatic rings. The number of hydrogen-bond acceptors (Lipinski definition) is 2. The molecule has 0 rings (SSSR count). The lowest BCUT2D eigenvalue weighted by Crippen LogP contribution is -2.41. The van der Waals surface area contributed by atoms with Crippen LogP contribution in [0.4, 0.5) is 0 Å². The zero-order valence-electron chi connectivity index (χ0n) is 9.09. The summed E-state index contributed by atoms with van der Waals surface area (Å²) in [5, 5.41) is 8.48. The third kappa shape index (κ3) is 3.45. The van der Waals surface area contributed by atoms with Gasteiger partial charge in [0, 0.05) is 18.5 Å². The molecule has 0 bridgehead atoms. The standard InChI is InChI=1S/C10H18N2O/c1-8(6-7-11)12(5)9(13)10(2,3)4/h8H,6H2,1-5H3. The molecule has 1 atom stereocenters. The van der Waals surface area contributed by atoms with Gasteiger partial charge in [-0.25, -0.2) is 0 Å². The average Bonchev–Trinajstić information content (AvgIpc) is 2.00. The van der Waals surface area contributed by atoms with Crippen molar-refractivity contribution in [2.75, 3.05) is 7.05 Å². The topological polar surface area (TPSA) is 44.1 Å². The maximum absolute atomic E-state index is 11.7. The van der Waals surface area contributed by atoms with E-state index in [9.17, 15) is 4.79 Å². The van der Waals surface area contributed by atoms with Gasteiger partial charge in [-0.15, -0.1) is 0 Å². The fourth-order valence-electron chi connectivity index (χ4n) is 0.998. The SMILES string of the molecule is CC(CC#N)N(C)C(=O)C(C)(C)C. The highest BCUT2D eigenvalue weighted by Crippen LogP contribution is 2.18. The lowest BCUT2D eigenvalue weighted by Gasteiger charge is -2.29. The van der Waals surface area contributed by atoms with E-state index >= 15 is 0 Å². The number of nitriles is 1.